The summed E-state index contributed by atoms with van der Waals surface area (Å²) >= 11 is 0. The molecule has 0 spiro atoms. The first-order chi connectivity index (χ1) is 15.5. The van der Waals surface area contributed by atoms with Gasteiger partial charge in [0.1, 0.15) is 17.1 Å². The predicted molar refractivity (Wildman–Crippen MR) is 137 cm³/mol. The number of ether oxygens (including phenoxy) is 1. The first-order valence-corrected chi connectivity index (χ1v) is 12.7. The second kappa shape index (κ2) is 12.6. The molecule has 1 aromatic rings. The molecule has 2 rings (SSSR count). The number of phenolic OH excluding ortho intramolecular Hbond substituents is 1. The van der Waals surface area contributed by atoms with E-state index in [-0.39, 0.29) is 17.6 Å². The number of rotatable bonds is 12. The normalized spacial score (nSPS) is 21.0. The van der Waals surface area contributed by atoms with Crippen molar-refractivity contribution in [2.24, 2.45) is 5.92 Å². The van der Waals surface area contributed by atoms with E-state index in [1.165, 1.54) is 5.57 Å². The highest BCUT2D eigenvalue weighted by molar-refractivity contribution is 5.47. The van der Waals surface area contributed by atoms with E-state index < -0.39 is 6.10 Å². The van der Waals surface area contributed by atoms with E-state index >= 15 is 0 Å². The molecule has 4 nitrogen and oxygen atoms in total. The fraction of sp³-hybridized carbons (Fsp3) is 0.655. The van der Waals surface area contributed by atoms with Crippen molar-refractivity contribution in [3.05, 3.63) is 46.6 Å². The molecule has 1 unspecified atom stereocenters. The molecule has 1 aliphatic rings. The highest BCUT2D eigenvalue weighted by atomic mass is 16.5. The summed E-state index contributed by atoms with van der Waals surface area (Å²) in [6.07, 6.45) is 11.6. The van der Waals surface area contributed by atoms with Crippen LogP contribution < -0.4 is 4.74 Å². The van der Waals surface area contributed by atoms with Gasteiger partial charge in [-0.2, -0.15) is 0 Å². The molecule has 0 bridgehead atoms. The monoisotopic (exact) mass is 458 g/mol. The Bertz CT molecular complexity index is 821. The van der Waals surface area contributed by atoms with E-state index in [1.54, 1.807) is 6.07 Å². The number of benzene rings is 1. The number of aryl methyl sites for hydroxylation is 2. The zero-order chi connectivity index (χ0) is 24.6. The van der Waals surface area contributed by atoms with Crippen LogP contribution in [-0.2, 0) is 6.42 Å². The Balaban J connectivity index is 1.71. The number of hydrogen-bond donors (Lipinski definition) is 3. The van der Waals surface area contributed by atoms with E-state index in [2.05, 4.69) is 26.8 Å². The molecule has 0 amide bonds. The van der Waals surface area contributed by atoms with Gasteiger partial charge in [0.25, 0.3) is 0 Å². The molecule has 1 aliphatic heterocycles. The van der Waals surface area contributed by atoms with Crippen molar-refractivity contribution >= 4 is 0 Å². The van der Waals surface area contributed by atoms with Crippen molar-refractivity contribution in [1.29, 1.82) is 0 Å². The molecule has 4 atom stereocenters. The summed E-state index contributed by atoms with van der Waals surface area (Å²) in [6, 6.07) is 3.60. The van der Waals surface area contributed by atoms with Gasteiger partial charge in [0, 0.05) is 0 Å². The van der Waals surface area contributed by atoms with Crippen LogP contribution in [0.2, 0.25) is 0 Å². The molecule has 1 heterocycles. The summed E-state index contributed by atoms with van der Waals surface area (Å²) in [5.74, 6) is 1.51. The lowest BCUT2D eigenvalue weighted by molar-refractivity contribution is 0.0561. The number of hydrogen-bond acceptors (Lipinski definition) is 4. The maximum absolute atomic E-state index is 10.4. The van der Waals surface area contributed by atoms with Crippen LogP contribution in [0.4, 0.5) is 0 Å². The Morgan fingerprint density at radius 2 is 1.88 bits per heavy atom. The van der Waals surface area contributed by atoms with E-state index in [0.717, 1.165) is 67.4 Å². The van der Waals surface area contributed by atoms with Gasteiger partial charge in [0.05, 0.1) is 12.2 Å². The van der Waals surface area contributed by atoms with Crippen molar-refractivity contribution in [2.45, 2.75) is 117 Å². The smallest absolute Gasteiger partial charge is 0.126 e. The second-order valence-corrected chi connectivity index (χ2v) is 10.7. The first kappa shape index (κ1) is 27.5. The van der Waals surface area contributed by atoms with Gasteiger partial charge in [0.15, 0.2) is 0 Å². The number of fused-ring (bicyclic) bond motifs is 1. The molecule has 186 valence electrons. The van der Waals surface area contributed by atoms with Crippen LogP contribution in [0.25, 0.3) is 0 Å². The lowest BCUT2D eigenvalue weighted by atomic mass is 9.87. The Kier molecular flexibility index (Phi) is 10.5. The van der Waals surface area contributed by atoms with E-state index in [4.69, 9.17) is 4.74 Å². The van der Waals surface area contributed by atoms with Gasteiger partial charge in [-0.25, -0.2) is 0 Å². The number of aliphatic hydroxyl groups is 2. The Morgan fingerprint density at radius 1 is 1.15 bits per heavy atom. The third kappa shape index (κ3) is 9.17. The molecule has 4 heteroatoms. The largest absolute Gasteiger partial charge is 0.508 e. The van der Waals surface area contributed by atoms with Crippen molar-refractivity contribution in [1.82, 2.24) is 0 Å². The van der Waals surface area contributed by atoms with Crippen molar-refractivity contribution in [2.75, 3.05) is 0 Å². The summed E-state index contributed by atoms with van der Waals surface area (Å²) < 4.78 is 6.40. The Morgan fingerprint density at radius 3 is 2.58 bits per heavy atom. The minimum atomic E-state index is -0.457. The average molecular weight is 459 g/mol. The maximum Gasteiger partial charge on any atom is 0.126 e. The lowest BCUT2D eigenvalue weighted by Crippen LogP contribution is -2.36. The highest BCUT2D eigenvalue weighted by Crippen LogP contribution is 2.39. The number of allylic oxidation sites excluding steroid dienone is 3. The summed E-state index contributed by atoms with van der Waals surface area (Å²) in [7, 11) is 0. The molecule has 1 aromatic carbocycles. The van der Waals surface area contributed by atoms with Crippen LogP contribution in [0.3, 0.4) is 0 Å². The molecule has 33 heavy (non-hydrogen) atoms. The molecule has 0 aliphatic carbocycles. The zero-order valence-electron chi connectivity index (χ0n) is 21.7. The molecule has 0 saturated carbocycles. The van der Waals surface area contributed by atoms with Crippen LogP contribution in [0.5, 0.6) is 11.5 Å². The van der Waals surface area contributed by atoms with Crippen LogP contribution in [-0.4, -0.2) is 33.1 Å². The van der Waals surface area contributed by atoms with Crippen LogP contribution in [0, 0.1) is 12.8 Å². The fourth-order valence-electron chi connectivity index (χ4n) is 4.75. The SMILES string of the molecule is CC(C)=C[C@H](O)CC[C@@H](O)C(C)CCC/C(C)=C/CC[C@]1(C)CCc2cc(O)cc(C)c2O1. The molecular formula is C29H46O4. The number of phenols is 1. The topological polar surface area (TPSA) is 69.9 Å². The van der Waals surface area contributed by atoms with Gasteiger partial charge in [-0.15, -0.1) is 0 Å². The minimum absolute atomic E-state index is 0.166. The summed E-state index contributed by atoms with van der Waals surface area (Å²) in [5, 5.41) is 30.2. The van der Waals surface area contributed by atoms with Gasteiger partial charge in [-0.1, -0.05) is 30.2 Å². The predicted octanol–water partition coefficient (Wildman–Crippen LogP) is 6.79. The van der Waals surface area contributed by atoms with Crippen LogP contribution in [0.1, 0.15) is 97.1 Å². The fourth-order valence-corrected chi connectivity index (χ4v) is 4.75. The van der Waals surface area contributed by atoms with Crippen LogP contribution in [0.15, 0.2) is 35.4 Å². The first-order valence-electron chi connectivity index (χ1n) is 12.7. The summed E-state index contributed by atoms with van der Waals surface area (Å²) in [5.41, 5.74) is 4.46. The summed E-state index contributed by atoms with van der Waals surface area (Å²) in [4.78, 5) is 0. The van der Waals surface area contributed by atoms with Gasteiger partial charge < -0.3 is 20.1 Å². The third-order valence-electron chi connectivity index (χ3n) is 6.95. The third-order valence-corrected chi connectivity index (χ3v) is 6.95. The standard InChI is InChI=1S/C29H46O4/c1-20(2)17-25(30)12-13-27(32)22(4)11-7-9-21(3)10-8-15-29(6)16-14-24-19-26(31)18-23(5)28(24)33-29/h10,17-19,22,25,27,30-32H,7-9,11-16H2,1-6H3/b21-10+/t22?,25-,27-,29-/m1/s1. The van der Waals surface area contributed by atoms with E-state index in [9.17, 15) is 15.3 Å². The number of aliphatic hydroxyl groups excluding tert-OH is 2. The Labute approximate surface area is 201 Å². The molecule has 0 saturated heterocycles. The minimum Gasteiger partial charge on any atom is -0.508 e. The van der Waals surface area contributed by atoms with Gasteiger partial charge in [0.2, 0.25) is 0 Å². The molecule has 0 aromatic heterocycles. The van der Waals surface area contributed by atoms with Crippen molar-refractivity contribution < 1.29 is 20.1 Å². The highest BCUT2D eigenvalue weighted by Gasteiger charge is 2.32. The number of aromatic hydroxyl groups is 1. The zero-order valence-corrected chi connectivity index (χ0v) is 21.7. The molecule has 0 radical (unpaired) electrons. The van der Waals surface area contributed by atoms with Crippen molar-refractivity contribution in [3.8, 4) is 11.5 Å². The quantitative estimate of drug-likeness (QED) is 0.302. The van der Waals surface area contributed by atoms with Crippen molar-refractivity contribution in [3.63, 3.8) is 0 Å². The second-order valence-electron chi connectivity index (χ2n) is 10.7. The summed E-state index contributed by atoms with van der Waals surface area (Å²) in [6.45, 7) is 12.5. The van der Waals surface area contributed by atoms with Crippen LogP contribution >= 0.6 is 0 Å². The maximum atomic E-state index is 10.4. The molecule has 0 fully saturated rings. The molecule has 3 N–H and O–H groups in total. The van der Waals surface area contributed by atoms with Gasteiger partial charge in [-0.3, -0.25) is 0 Å². The van der Waals surface area contributed by atoms with E-state index in [1.807, 2.05) is 32.9 Å². The lowest BCUT2D eigenvalue weighted by Gasteiger charge is -2.36. The Hall–Kier alpha value is -1.78. The average Bonchev–Trinajstić information content (AvgIpc) is 2.72. The van der Waals surface area contributed by atoms with E-state index in [0.29, 0.717) is 18.6 Å². The van der Waals surface area contributed by atoms with Gasteiger partial charge >= 0.3 is 0 Å². The molecular weight excluding hydrogens is 412 g/mol. The van der Waals surface area contributed by atoms with Gasteiger partial charge in [-0.05, 0) is 122 Å².